The van der Waals surface area contributed by atoms with Crippen LogP contribution in [-0.2, 0) is 0 Å². The first-order valence-electron chi connectivity index (χ1n) is 6.16. The highest BCUT2D eigenvalue weighted by atomic mass is 16.3. The summed E-state index contributed by atoms with van der Waals surface area (Å²) < 4.78 is 0. The largest absolute Gasteiger partial charge is 0.396 e. The third-order valence-electron chi connectivity index (χ3n) is 5.02. The van der Waals surface area contributed by atoms with Crippen LogP contribution in [0.2, 0.25) is 0 Å². The number of rotatable bonds is 3. The van der Waals surface area contributed by atoms with Crippen molar-refractivity contribution in [1.29, 1.82) is 0 Å². The van der Waals surface area contributed by atoms with Crippen LogP contribution in [0.15, 0.2) is 0 Å². The van der Waals surface area contributed by atoms with Crippen molar-refractivity contribution in [2.45, 2.75) is 46.5 Å². The van der Waals surface area contributed by atoms with Gasteiger partial charge in [-0.15, -0.1) is 0 Å². The van der Waals surface area contributed by atoms with E-state index in [2.05, 4.69) is 20.8 Å². The molecule has 2 saturated carbocycles. The summed E-state index contributed by atoms with van der Waals surface area (Å²) in [7, 11) is 0. The second kappa shape index (κ2) is 3.52. The lowest BCUT2D eigenvalue weighted by molar-refractivity contribution is 0.0870. The van der Waals surface area contributed by atoms with E-state index in [0.29, 0.717) is 17.9 Å². The number of fused-ring (bicyclic) bond motifs is 2. The Labute approximate surface area is 87.9 Å². The van der Waals surface area contributed by atoms with E-state index < -0.39 is 0 Å². The summed E-state index contributed by atoms with van der Waals surface area (Å²) >= 11 is 0. The zero-order chi connectivity index (χ0) is 10.3. The van der Waals surface area contributed by atoms with E-state index in [-0.39, 0.29) is 0 Å². The first-order valence-corrected chi connectivity index (χ1v) is 6.16. The molecule has 2 fully saturated rings. The van der Waals surface area contributed by atoms with Crippen LogP contribution in [0.3, 0.4) is 0 Å². The van der Waals surface area contributed by atoms with Gasteiger partial charge in [-0.2, -0.15) is 0 Å². The molecule has 0 saturated heterocycles. The lowest BCUT2D eigenvalue weighted by Gasteiger charge is -2.39. The van der Waals surface area contributed by atoms with E-state index in [1.807, 2.05) is 0 Å². The van der Waals surface area contributed by atoms with Crippen molar-refractivity contribution in [2.75, 3.05) is 6.61 Å². The van der Waals surface area contributed by atoms with Crippen molar-refractivity contribution in [3.8, 4) is 0 Å². The fraction of sp³-hybridized carbons (Fsp3) is 1.00. The standard InChI is InChI=1S/C13H24O/c1-9(8-14)6-12-10-4-5-11(7-10)13(12,2)3/h9-12,14H,4-8H2,1-3H3. The van der Waals surface area contributed by atoms with E-state index >= 15 is 0 Å². The van der Waals surface area contributed by atoms with E-state index in [1.165, 1.54) is 25.7 Å². The molecule has 0 aromatic heterocycles. The van der Waals surface area contributed by atoms with E-state index in [0.717, 1.165) is 17.8 Å². The van der Waals surface area contributed by atoms with Crippen LogP contribution in [0.25, 0.3) is 0 Å². The second-order valence-corrected chi connectivity index (χ2v) is 6.22. The summed E-state index contributed by atoms with van der Waals surface area (Å²) in [6.45, 7) is 7.45. The molecular formula is C13H24O. The lowest BCUT2D eigenvalue weighted by atomic mass is 9.66. The van der Waals surface area contributed by atoms with Gasteiger partial charge < -0.3 is 5.11 Å². The number of hydrogen-bond acceptors (Lipinski definition) is 1. The van der Waals surface area contributed by atoms with Crippen LogP contribution in [0.5, 0.6) is 0 Å². The third-order valence-corrected chi connectivity index (χ3v) is 5.02. The molecule has 1 nitrogen and oxygen atoms in total. The predicted octanol–water partition coefficient (Wildman–Crippen LogP) is 3.08. The fourth-order valence-electron chi connectivity index (χ4n) is 3.97. The topological polar surface area (TPSA) is 20.2 Å². The summed E-state index contributed by atoms with van der Waals surface area (Å²) in [5, 5.41) is 9.14. The smallest absolute Gasteiger partial charge is 0.0456 e. The Morgan fingerprint density at radius 1 is 1.36 bits per heavy atom. The monoisotopic (exact) mass is 196 g/mol. The highest BCUT2D eigenvalue weighted by Gasteiger charge is 2.52. The Bertz CT molecular complexity index is 209. The van der Waals surface area contributed by atoms with E-state index in [9.17, 15) is 0 Å². The average molecular weight is 196 g/mol. The molecule has 4 atom stereocenters. The van der Waals surface area contributed by atoms with Crippen molar-refractivity contribution >= 4 is 0 Å². The van der Waals surface area contributed by atoms with Gasteiger partial charge in [-0.1, -0.05) is 20.8 Å². The molecule has 2 aliphatic carbocycles. The molecule has 0 heterocycles. The summed E-state index contributed by atoms with van der Waals surface area (Å²) in [6.07, 6.45) is 5.62. The summed E-state index contributed by atoms with van der Waals surface area (Å²) in [6, 6.07) is 0. The maximum Gasteiger partial charge on any atom is 0.0456 e. The SMILES string of the molecule is CC(CO)CC1C2CCC(C2)C1(C)C. The molecule has 4 unspecified atom stereocenters. The molecule has 2 aliphatic rings. The first kappa shape index (κ1) is 10.5. The minimum atomic E-state index is 0.365. The Kier molecular flexibility index (Phi) is 2.63. The van der Waals surface area contributed by atoms with Crippen LogP contribution < -0.4 is 0 Å². The molecule has 0 amide bonds. The van der Waals surface area contributed by atoms with Crippen molar-refractivity contribution in [2.24, 2.45) is 29.1 Å². The molecule has 0 aliphatic heterocycles. The molecule has 82 valence electrons. The quantitative estimate of drug-likeness (QED) is 0.735. The van der Waals surface area contributed by atoms with Crippen molar-refractivity contribution in [3.05, 3.63) is 0 Å². The lowest BCUT2D eigenvalue weighted by Crippen LogP contribution is -2.32. The van der Waals surface area contributed by atoms with Gasteiger partial charge in [0.1, 0.15) is 0 Å². The molecule has 0 spiro atoms. The van der Waals surface area contributed by atoms with Crippen LogP contribution in [0.1, 0.15) is 46.5 Å². The molecule has 0 aromatic carbocycles. The first-order chi connectivity index (χ1) is 6.55. The molecule has 2 bridgehead atoms. The Hall–Kier alpha value is -0.0400. The predicted molar refractivity (Wildman–Crippen MR) is 59.0 cm³/mol. The zero-order valence-corrected chi connectivity index (χ0v) is 9.79. The van der Waals surface area contributed by atoms with E-state index in [1.54, 1.807) is 0 Å². The Balaban J connectivity index is 2.04. The number of aliphatic hydroxyl groups excluding tert-OH is 1. The maximum atomic E-state index is 9.14. The molecule has 14 heavy (non-hydrogen) atoms. The van der Waals surface area contributed by atoms with Crippen LogP contribution in [-0.4, -0.2) is 11.7 Å². The maximum absolute atomic E-state index is 9.14. The molecule has 0 aromatic rings. The van der Waals surface area contributed by atoms with Gasteiger partial charge in [0.05, 0.1) is 0 Å². The number of aliphatic hydroxyl groups is 1. The van der Waals surface area contributed by atoms with Crippen molar-refractivity contribution in [3.63, 3.8) is 0 Å². The van der Waals surface area contributed by atoms with Gasteiger partial charge in [0.25, 0.3) is 0 Å². The Morgan fingerprint density at radius 3 is 2.57 bits per heavy atom. The van der Waals surface area contributed by atoms with Crippen LogP contribution in [0, 0.1) is 29.1 Å². The van der Waals surface area contributed by atoms with Gasteiger partial charge in [0.15, 0.2) is 0 Å². The average Bonchev–Trinajstić information content (AvgIpc) is 2.68. The number of hydrogen-bond donors (Lipinski definition) is 1. The van der Waals surface area contributed by atoms with Crippen molar-refractivity contribution in [1.82, 2.24) is 0 Å². The fourth-order valence-corrected chi connectivity index (χ4v) is 3.97. The van der Waals surface area contributed by atoms with Gasteiger partial charge in [-0.05, 0) is 54.8 Å². The Morgan fingerprint density at radius 2 is 2.07 bits per heavy atom. The highest BCUT2D eigenvalue weighted by molar-refractivity contribution is 5.01. The minimum absolute atomic E-state index is 0.365. The van der Waals surface area contributed by atoms with Gasteiger partial charge in [-0.25, -0.2) is 0 Å². The summed E-state index contributed by atoms with van der Waals surface area (Å²) in [4.78, 5) is 0. The third kappa shape index (κ3) is 1.50. The molecule has 1 N–H and O–H groups in total. The van der Waals surface area contributed by atoms with Crippen LogP contribution >= 0.6 is 0 Å². The molecule has 2 rings (SSSR count). The molecular weight excluding hydrogens is 172 g/mol. The zero-order valence-electron chi connectivity index (χ0n) is 9.79. The van der Waals surface area contributed by atoms with Crippen molar-refractivity contribution < 1.29 is 5.11 Å². The summed E-state index contributed by atoms with van der Waals surface area (Å²) in [5.74, 6) is 3.33. The molecule has 1 heteroatoms. The van der Waals surface area contributed by atoms with Gasteiger partial charge in [0, 0.05) is 6.61 Å². The second-order valence-electron chi connectivity index (χ2n) is 6.22. The summed E-state index contributed by atoms with van der Waals surface area (Å²) in [5.41, 5.74) is 0.548. The molecule has 0 radical (unpaired) electrons. The van der Waals surface area contributed by atoms with Gasteiger partial charge in [-0.3, -0.25) is 0 Å². The van der Waals surface area contributed by atoms with E-state index in [4.69, 9.17) is 5.11 Å². The van der Waals surface area contributed by atoms with Crippen LogP contribution in [0.4, 0.5) is 0 Å². The highest BCUT2D eigenvalue weighted by Crippen LogP contribution is 2.60. The normalized spacial score (nSPS) is 41.6. The van der Waals surface area contributed by atoms with Gasteiger partial charge in [0.2, 0.25) is 0 Å². The minimum Gasteiger partial charge on any atom is -0.396 e. The van der Waals surface area contributed by atoms with Gasteiger partial charge >= 0.3 is 0 Å².